The Bertz CT molecular complexity index is 591. The van der Waals surface area contributed by atoms with E-state index in [1.54, 1.807) is 0 Å². The third-order valence-corrected chi connectivity index (χ3v) is 4.14. The van der Waals surface area contributed by atoms with Gasteiger partial charge in [-0.25, -0.2) is 0 Å². The van der Waals surface area contributed by atoms with Gasteiger partial charge in [0.05, 0.1) is 0 Å². The maximum Gasteiger partial charge on any atom is 0.0461 e. The number of anilines is 1. The van der Waals surface area contributed by atoms with E-state index in [0.29, 0.717) is 0 Å². The molecule has 1 aliphatic carbocycles. The number of rotatable bonds is 0. The fourth-order valence-corrected chi connectivity index (χ4v) is 2.96. The Morgan fingerprint density at radius 1 is 0.938 bits per heavy atom. The Labute approximate surface area is 111 Å². The molecule has 0 radical (unpaired) electrons. The standard InChI is InChI=1S/C13H9Br2N/c14-9-1-2-10-7(4-9)3-8-5-13(16)12(15)6-11(8)10/h1-2,4-6H,3,16H2. The van der Waals surface area contributed by atoms with Crippen molar-refractivity contribution in [2.45, 2.75) is 6.42 Å². The summed E-state index contributed by atoms with van der Waals surface area (Å²) in [5.41, 5.74) is 12.0. The van der Waals surface area contributed by atoms with Crippen LogP contribution in [0.1, 0.15) is 11.1 Å². The monoisotopic (exact) mass is 337 g/mol. The van der Waals surface area contributed by atoms with E-state index in [-0.39, 0.29) is 0 Å². The lowest BCUT2D eigenvalue weighted by atomic mass is 10.1. The lowest BCUT2D eigenvalue weighted by Gasteiger charge is -2.04. The molecule has 0 saturated carbocycles. The predicted molar refractivity (Wildman–Crippen MR) is 74.5 cm³/mol. The van der Waals surface area contributed by atoms with Crippen LogP contribution in [0.4, 0.5) is 5.69 Å². The van der Waals surface area contributed by atoms with Crippen LogP contribution in [-0.2, 0) is 6.42 Å². The number of hydrogen-bond acceptors (Lipinski definition) is 1. The zero-order valence-electron chi connectivity index (χ0n) is 8.43. The Morgan fingerprint density at radius 3 is 2.50 bits per heavy atom. The molecule has 0 amide bonds. The highest BCUT2D eigenvalue weighted by molar-refractivity contribution is 9.10. The smallest absolute Gasteiger partial charge is 0.0461 e. The van der Waals surface area contributed by atoms with Crippen molar-refractivity contribution in [3.8, 4) is 11.1 Å². The molecule has 1 aliphatic rings. The van der Waals surface area contributed by atoms with E-state index in [4.69, 9.17) is 5.73 Å². The van der Waals surface area contributed by atoms with Gasteiger partial charge in [-0.1, -0.05) is 22.0 Å². The quantitative estimate of drug-likeness (QED) is 0.605. The second kappa shape index (κ2) is 3.60. The Hall–Kier alpha value is -0.800. The number of fused-ring (bicyclic) bond motifs is 3. The summed E-state index contributed by atoms with van der Waals surface area (Å²) < 4.78 is 2.10. The summed E-state index contributed by atoms with van der Waals surface area (Å²) in [6.45, 7) is 0. The molecule has 0 atom stereocenters. The molecule has 0 heterocycles. The molecule has 0 unspecified atom stereocenters. The van der Waals surface area contributed by atoms with Crippen molar-refractivity contribution < 1.29 is 0 Å². The maximum atomic E-state index is 5.90. The van der Waals surface area contributed by atoms with Gasteiger partial charge in [0, 0.05) is 14.6 Å². The van der Waals surface area contributed by atoms with Crippen LogP contribution in [0.3, 0.4) is 0 Å². The molecule has 2 aromatic rings. The molecule has 3 heteroatoms. The minimum Gasteiger partial charge on any atom is -0.398 e. The normalized spacial score (nSPS) is 12.4. The highest BCUT2D eigenvalue weighted by Gasteiger charge is 2.19. The molecule has 3 rings (SSSR count). The SMILES string of the molecule is Nc1cc2c(cc1Br)-c1ccc(Br)cc1C2. The predicted octanol–water partition coefficient (Wildman–Crippen LogP) is 4.37. The first-order valence-electron chi connectivity index (χ1n) is 5.02. The van der Waals surface area contributed by atoms with E-state index >= 15 is 0 Å². The van der Waals surface area contributed by atoms with Crippen LogP contribution >= 0.6 is 31.9 Å². The molecule has 2 aromatic carbocycles. The highest BCUT2D eigenvalue weighted by atomic mass is 79.9. The van der Waals surface area contributed by atoms with E-state index in [1.807, 2.05) is 0 Å². The topological polar surface area (TPSA) is 26.0 Å². The van der Waals surface area contributed by atoms with E-state index in [9.17, 15) is 0 Å². The molecule has 0 fully saturated rings. The van der Waals surface area contributed by atoms with Crippen LogP contribution < -0.4 is 5.73 Å². The second-order valence-electron chi connectivity index (χ2n) is 4.01. The van der Waals surface area contributed by atoms with Gasteiger partial charge in [-0.2, -0.15) is 0 Å². The summed E-state index contributed by atoms with van der Waals surface area (Å²) in [6.07, 6.45) is 0.974. The summed E-state index contributed by atoms with van der Waals surface area (Å²) in [7, 11) is 0. The van der Waals surface area contributed by atoms with Crippen LogP contribution in [0.5, 0.6) is 0 Å². The van der Waals surface area contributed by atoms with Crippen molar-refractivity contribution in [1.29, 1.82) is 0 Å². The molecule has 0 aliphatic heterocycles. The van der Waals surface area contributed by atoms with Gasteiger partial charge in [-0.05, 0) is 68.9 Å². The number of nitrogen functional groups attached to an aromatic ring is 1. The first-order valence-corrected chi connectivity index (χ1v) is 6.60. The molecular formula is C13H9Br2N. The molecule has 0 spiro atoms. The van der Waals surface area contributed by atoms with Crippen molar-refractivity contribution in [3.63, 3.8) is 0 Å². The van der Waals surface area contributed by atoms with E-state index in [0.717, 1.165) is 21.1 Å². The van der Waals surface area contributed by atoms with Crippen molar-refractivity contribution in [2.24, 2.45) is 0 Å². The van der Waals surface area contributed by atoms with Crippen LogP contribution in [0, 0.1) is 0 Å². The van der Waals surface area contributed by atoms with Crippen LogP contribution in [0.25, 0.3) is 11.1 Å². The molecule has 16 heavy (non-hydrogen) atoms. The van der Waals surface area contributed by atoms with E-state index in [2.05, 4.69) is 62.2 Å². The molecule has 0 aromatic heterocycles. The van der Waals surface area contributed by atoms with Crippen LogP contribution in [0.15, 0.2) is 39.3 Å². The Balaban J connectivity index is 2.25. The Morgan fingerprint density at radius 2 is 1.69 bits per heavy atom. The number of hydrogen-bond donors (Lipinski definition) is 1. The van der Waals surface area contributed by atoms with Gasteiger partial charge in [0.1, 0.15) is 0 Å². The minimum atomic E-state index is 0.811. The average Bonchev–Trinajstić information content (AvgIpc) is 2.55. The summed E-state index contributed by atoms with van der Waals surface area (Å²) in [6, 6.07) is 10.6. The van der Waals surface area contributed by atoms with Gasteiger partial charge in [-0.3, -0.25) is 0 Å². The summed E-state index contributed by atoms with van der Waals surface area (Å²) in [5, 5.41) is 0. The fourth-order valence-electron chi connectivity index (χ4n) is 2.21. The third-order valence-electron chi connectivity index (χ3n) is 2.96. The highest BCUT2D eigenvalue weighted by Crippen LogP contribution is 2.40. The molecular weight excluding hydrogens is 330 g/mol. The van der Waals surface area contributed by atoms with E-state index < -0.39 is 0 Å². The molecule has 2 N–H and O–H groups in total. The second-order valence-corrected chi connectivity index (χ2v) is 5.78. The number of halogens is 2. The Kier molecular flexibility index (Phi) is 2.33. The van der Waals surface area contributed by atoms with Gasteiger partial charge in [0.2, 0.25) is 0 Å². The average molecular weight is 339 g/mol. The van der Waals surface area contributed by atoms with Crippen LogP contribution in [0.2, 0.25) is 0 Å². The van der Waals surface area contributed by atoms with E-state index in [1.165, 1.54) is 22.3 Å². The first kappa shape index (κ1) is 10.4. The first-order chi connectivity index (χ1) is 7.65. The van der Waals surface area contributed by atoms with Gasteiger partial charge < -0.3 is 5.73 Å². The number of benzene rings is 2. The summed E-state index contributed by atoms with van der Waals surface area (Å²) in [5.74, 6) is 0. The van der Waals surface area contributed by atoms with Gasteiger partial charge >= 0.3 is 0 Å². The van der Waals surface area contributed by atoms with Gasteiger partial charge in [0.25, 0.3) is 0 Å². The zero-order valence-corrected chi connectivity index (χ0v) is 11.6. The largest absolute Gasteiger partial charge is 0.398 e. The van der Waals surface area contributed by atoms with Crippen molar-refractivity contribution in [1.82, 2.24) is 0 Å². The number of nitrogens with two attached hydrogens (primary N) is 1. The third kappa shape index (κ3) is 1.50. The van der Waals surface area contributed by atoms with Crippen molar-refractivity contribution in [2.75, 3.05) is 5.73 Å². The fraction of sp³-hybridized carbons (Fsp3) is 0.0769. The zero-order chi connectivity index (χ0) is 11.3. The van der Waals surface area contributed by atoms with Crippen molar-refractivity contribution >= 4 is 37.5 Å². The van der Waals surface area contributed by atoms with Crippen molar-refractivity contribution in [3.05, 3.63) is 50.4 Å². The molecule has 1 nitrogen and oxygen atoms in total. The minimum absolute atomic E-state index is 0.811. The lowest BCUT2D eigenvalue weighted by molar-refractivity contribution is 1.26. The summed E-state index contributed by atoms with van der Waals surface area (Å²) in [4.78, 5) is 0. The summed E-state index contributed by atoms with van der Waals surface area (Å²) >= 11 is 6.99. The molecule has 80 valence electrons. The maximum absolute atomic E-state index is 5.90. The lowest BCUT2D eigenvalue weighted by Crippen LogP contribution is -1.89. The van der Waals surface area contributed by atoms with Crippen LogP contribution in [-0.4, -0.2) is 0 Å². The molecule has 0 bridgehead atoms. The molecule has 0 saturated heterocycles. The van der Waals surface area contributed by atoms with Gasteiger partial charge in [-0.15, -0.1) is 0 Å². The van der Waals surface area contributed by atoms with Gasteiger partial charge in [0.15, 0.2) is 0 Å².